The molecule has 1 N–H and O–H groups in total. The van der Waals surface area contributed by atoms with Crippen LogP contribution in [0.3, 0.4) is 0 Å². The van der Waals surface area contributed by atoms with E-state index < -0.39 is 10.8 Å². The van der Waals surface area contributed by atoms with E-state index in [4.69, 9.17) is 18.6 Å². The Kier molecular flexibility index (Phi) is 6.33. The van der Waals surface area contributed by atoms with Crippen molar-refractivity contribution in [1.82, 2.24) is 9.99 Å². The number of hydrogen-bond donors (Lipinski definition) is 1. The average molecular weight is 502 g/mol. The van der Waals surface area contributed by atoms with Crippen molar-refractivity contribution in [1.29, 1.82) is 0 Å². The summed E-state index contributed by atoms with van der Waals surface area (Å²) in [6.45, 7) is 4.21. The van der Waals surface area contributed by atoms with E-state index >= 15 is 0 Å². The number of nitrogens with one attached hydrogen (secondary N) is 1. The molecule has 0 bridgehead atoms. The first-order chi connectivity index (χ1) is 17.9. The minimum absolute atomic E-state index is 0.0184. The summed E-state index contributed by atoms with van der Waals surface area (Å²) in [5.74, 6) is 1.14. The number of aryl methyl sites for hydroxylation is 2. The highest BCUT2D eigenvalue weighted by atomic mass is 16.7. The predicted octanol–water partition coefficient (Wildman–Crippen LogP) is 4.67. The van der Waals surface area contributed by atoms with Gasteiger partial charge in [-0.1, -0.05) is 0 Å². The van der Waals surface area contributed by atoms with Crippen LogP contribution in [0.25, 0.3) is 5.69 Å². The molecule has 0 fully saturated rings. The van der Waals surface area contributed by atoms with Crippen molar-refractivity contribution < 1.29 is 28.3 Å². The molecule has 11 nitrogen and oxygen atoms in total. The van der Waals surface area contributed by atoms with Crippen LogP contribution in [0.5, 0.6) is 17.2 Å². The Morgan fingerprint density at radius 1 is 1.08 bits per heavy atom. The molecule has 188 valence electrons. The summed E-state index contributed by atoms with van der Waals surface area (Å²) >= 11 is 0. The topological polar surface area (TPSA) is 130 Å². The normalized spacial score (nSPS) is 12.2. The number of nitro benzene ring substituents is 1. The molecule has 0 saturated carbocycles. The summed E-state index contributed by atoms with van der Waals surface area (Å²) in [7, 11) is 0. The summed E-state index contributed by atoms with van der Waals surface area (Å²) in [6.07, 6.45) is 1.16. The molecule has 5 rings (SSSR count). The van der Waals surface area contributed by atoms with Crippen LogP contribution >= 0.6 is 0 Å². The first-order valence-electron chi connectivity index (χ1n) is 11.3. The summed E-state index contributed by atoms with van der Waals surface area (Å²) in [5, 5.41) is 15.1. The van der Waals surface area contributed by atoms with Crippen LogP contribution in [0, 0.1) is 24.0 Å². The second-order valence-electron chi connectivity index (χ2n) is 8.22. The lowest BCUT2D eigenvalue weighted by atomic mass is 10.1. The van der Waals surface area contributed by atoms with Crippen LogP contribution in [0.4, 0.5) is 5.69 Å². The van der Waals surface area contributed by atoms with Gasteiger partial charge in [-0.15, -0.1) is 0 Å². The van der Waals surface area contributed by atoms with Crippen molar-refractivity contribution in [2.24, 2.45) is 5.10 Å². The number of hydrazone groups is 1. The van der Waals surface area contributed by atoms with Gasteiger partial charge in [-0.2, -0.15) is 5.10 Å². The average Bonchev–Trinajstić information content (AvgIpc) is 3.62. The van der Waals surface area contributed by atoms with E-state index in [1.807, 2.05) is 24.3 Å². The number of hydrogen-bond acceptors (Lipinski definition) is 8. The van der Waals surface area contributed by atoms with Crippen LogP contribution < -0.4 is 19.6 Å². The lowest BCUT2D eigenvalue weighted by Crippen LogP contribution is -2.17. The monoisotopic (exact) mass is 502 g/mol. The molecule has 11 heteroatoms. The molecular weight excluding hydrogens is 480 g/mol. The molecule has 37 heavy (non-hydrogen) atoms. The summed E-state index contributed by atoms with van der Waals surface area (Å²) < 4.78 is 23.9. The third-order valence-electron chi connectivity index (χ3n) is 5.72. The van der Waals surface area contributed by atoms with Gasteiger partial charge in [0.25, 0.3) is 5.69 Å². The Morgan fingerprint density at radius 2 is 1.78 bits per heavy atom. The molecule has 2 aromatic carbocycles. The van der Waals surface area contributed by atoms with E-state index in [0.717, 1.165) is 23.3 Å². The van der Waals surface area contributed by atoms with E-state index in [2.05, 4.69) is 41.1 Å². The standard InChI is InChI=1S/C26H22N4O7/c1-16-3-4-17(2)29(16)19-5-7-20(8-6-19)34-14-21-9-10-23(37-21)26(31)28-27-13-18-11-24-25(36-15-35-24)12-22(18)30(32)33/h3-13H,14-15H2,1-2H3,(H,28,31)/b27-13+. The minimum Gasteiger partial charge on any atom is -0.486 e. The maximum atomic E-state index is 12.4. The van der Waals surface area contributed by atoms with Gasteiger partial charge in [0.05, 0.1) is 22.8 Å². The molecule has 1 aliphatic rings. The fourth-order valence-electron chi connectivity index (χ4n) is 3.92. The lowest BCUT2D eigenvalue weighted by Gasteiger charge is -2.10. The van der Waals surface area contributed by atoms with Gasteiger partial charge in [0.2, 0.25) is 6.79 Å². The van der Waals surface area contributed by atoms with Gasteiger partial charge in [0.15, 0.2) is 17.3 Å². The fourth-order valence-corrected chi connectivity index (χ4v) is 3.92. The van der Waals surface area contributed by atoms with Crippen molar-refractivity contribution in [2.45, 2.75) is 20.5 Å². The Labute approximate surface area is 211 Å². The zero-order valence-electron chi connectivity index (χ0n) is 20.0. The molecule has 0 spiro atoms. The zero-order chi connectivity index (χ0) is 25.9. The van der Waals surface area contributed by atoms with Gasteiger partial charge in [0, 0.05) is 17.1 Å². The van der Waals surface area contributed by atoms with Gasteiger partial charge in [0.1, 0.15) is 18.1 Å². The molecule has 4 aromatic rings. The summed E-state index contributed by atoms with van der Waals surface area (Å²) in [5.41, 5.74) is 5.54. The van der Waals surface area contributed by atoms with Crippen molar-refractivity contribution in [3.05, 3.63) is 99.2 Å². The lowest BCUT2D eigenvalue weighted by molar-refractivity contribution is -0.385. The van der Waals surface area contributed by atoms with Gasteiger partial charge in [-0.05, 0) is 68.4 Å². The first-order valence-corrected chi connectivity index (χ1v) is 11.3. The second kappa shape index (κ2) is 9.90. The smallest absolute Gasteiger partial charge is 0.307 e. The number of fused-ring (bicyclic) bond motifs is 1. The van der Waals surface area contributed by atoms with E-state index in [1.54, 1.807) is 6.07 Å². The molecule has 0 atom stereocenters. The van der Waals surface area contributed by atoms with Crippen molar-refractivity contribution >= 4 is 17.8 Å². The van der Waals surface area contributed by atoms with Gasteiger partial charge >= 0.3 is 5.91 Å². The molecule has 0 radical (unpaired) electrons. The Bertz CT molecular complexity index is 1480. The van der Waals surface area contributed by atoms with Gasteiger partial charge in [-0.25, -0.2) is 5.43 Å². The predicted molar refractivity (Wildman–Crippen MR) is 133 cm³/mol. The van der Waals surface area contributed by atoms with Crippen molar-refractivity contribution in [3.8, 4) is 22.9 Å². The Hall–Kier alpha value is -5.06. The number of nitrogens with zero attached hydrogens (tertiary/aromatic N) is 3. The van der Waals surface area contributed by atoms with Crippen LogP contribution in [0.2, 0.25) is 0 Å². The maximum absolute atomic E-state index is 12.4. The molecule has 3 heterocycles. The quantitative estimate of drug-likeness (QED) is 0.211. The first kappa shape index (κ1) is 23.7. The highest BCUT2D eigenvalue weighted by molar-refractivity contribution is 5.93. The zero-order valence-corrected chi connectivity index (χ0v) is 20.0. The molecule has 0 saturated heterocycles. The number of nitro groups is 1. The van der Waals surface area contributed by atoms with Crippen LogP contribution in [-0.2, 0) is 6.61 Å². The number of ether oxygens (including phenoxy) is 3. The number of aromatic nitrogens is 1. The van der Waals surface area contributed by atoms with E-state index in [0.29, 0.717) is 17.3 Å². The third-order valence-corrected chi connectivity index (χ3v) is 5.72. The second-order valence-corrected chi connectivity index (χ2v) is 8.22. The molecular formula is C26H22N4O7. The van der Waals surface area contributed by atoms with Crippen molar-refractivity contribution in [3.63, 3.8) is 0 Å². The van der Waals surface area contributed by atoms with E-state index in [9.17, 15) is 14.9 Å². The number of benzene rings is 2. The molecule has 0 aliphatic carbocycles. The number of amides is 1. The number of carbonyl (C=O) groups is 1. The highest BCUT2D eigenvalue weighted by Crippen LogP contribution is 2.37. The summed E-state index contributed by atoms with van der Waals surface area (Å²) in [6, 6.07) is 17.6. The van der Waals surface area contributed by atoms with E-state index in [-0.39, 0.29) is 36.2 Å². The number of furan rings is 1. The van der Waals surface area contributed by atoms with Crippen molar-refractivity contribution in [2.75, 3.05) is 6.79 Å². The summed E-state index contributed by atoms with van der Waals surface area (Å²) in [4.78, 5) is 23.2. The molecule has 1 amide bonds. The highest BCUT2D eigenvalue weighted by Gasteiger charge is 2.22. The molecule has 1 aliphatic heterocycles. The maximum Gasteiger partial charge on any atom is 0.307 e. The molecule has 0 unspecified atom stereocenters. The minimum atomic E-state index is -0.618. The SMILES string of the molecule is Cc1ccc(C)n1-c1ccc(OCc2ccc(C(=O)N/N=C/c3cc4c(cc3[N+](=O)[O-])OCO4)o2)cc1. The van der Waals surface area contributed by atoms with Crippen LogP contribution in [-0.4, -0.2) is 28.4 Å². The number of rotatable bonds is 8. The molecule has 2 aromatic heterocycles. The van der Waals surface area contributed by atoms with Gasteiger partial charge < -0.3 is 23.2 Å². The third kappa shape index (κ3) is 5.01. The fraction of sp³-hybridized carbons (Fsp3) is 0.154. The Morgan fingerprint density at radius 3 is 2.49 bits per heavy atom. The van der Waals surface area contributed by atoms with Crippen LogP contribution in [0.1, 0.15) is 33.3 Å². The van der Waals surface area contributed by atoms with Crippen LogP contribution in [0.15, 0.2) is 70.2 Å². The largest absolute Gasteiger partial charge is 0.486 e. The number of carbonyl (C=O) groups excluding carboxylic acids is 1. The van der Waals surface area contributed by atoms with E-state index in [1.165, 1.54) is 18.2 Å². The Balaban J connectivity index is 1.18. The van der Waals surface area contributed by atoms with Gasteiger partial charge in [-0.3, -0.25) is 14.9 Å².